The molecule has 0 N–H and O–H groups in total. The van der Waals surface area contributed by atoms with Crippen LogP contribution < -0.4 is 9.75 Å². The number of rotatable bonds is 7. The molecule has 1 heterocycles. The third-order valence-electron chi connectivity index (χ3n) is 4.71. The monoisotopic (exact) mass is 406 g/mol. The quantitative estimate of drug-likeness (QED) is 0.459. The maximum absolute atomic E-state index is 9.63. The van der Waals surface area contributed by atoms with E-state index in [0.29, 0.717) is 30.0 Å². The molecule has 0 amide bonds. The van der Waals surface area contributed by atoms with E-state index in [2.05, 4.69) is 22.3 Å². The zero-order chi connectivity index (χ0) is 21.5. The third kappa shape index (κ3) is 4.69. The number of hydrogen-bond donors (Lipinski definition) is 0. The molecular weight excluding hydrogens is 388 g/mol. The molecule has 3 aromatic carbocycles. The van der Waals surface area contributed by atoms with Gasteiger partial charge in [-0.15, -0.1) is 10.2 Å². The van der Waals surface area contributed by atoms with E-state index in [0.717, 1.165) is 16.8 Å². The SMILES string of the molecule is N#Cc1ccc(N(Cc2ccc(OCc3ccccc3)c(C#N)c2)n2cnnc2)cc1. The molecule has 0 aliphatic heterocycles. The molecule has 4 aromatic rings. The summed E-state index contributed by atoms with van der Waals surface area (Å²) in [5, 5.41) is 28.4. The van der Waals surface area contributed by atoms with Gasteiger partial charge in [-0.05, 0) is 47.5 Å². The smallest absolute Gasteiger partial charge is 0.139 e. The van der Waals surface area contributed by atoms with Crippen LogP contribution in [0.15, 0.2) is 85.5 Å². The molecule has 4 rings (SSSR count). The molecular formula is C24H18N6O. The van der Waals surface area contributed by atoms with Gasteiger partial charge in [0.2, 0.25) is 0 Å². The number of nitriles is 2. The van der Waals surface area contributed by atoms with E-state index in [-0.39, 0.29) is 0 Å². The summed E-state index contributed by atoms with van der Waals surface area (Å²) < 4.78 is 7.62. The number of anilines is 1. The van der Waals surface area contributed by atoms with Gasteiger partial charge < -0.3 is 4.74 Å². The topological polar surface area (TPSA) is 90.8 Å². The second-order valence-corrected chi connectivity index (χ2v) is 6.77. The first-order valence-corrected chi connectivity index (χ1v) is 9.59. The van der Waals surface area contributed by atoms with Crippen LogP contribution in [0.5, 0.6) is 5.75 Å². The highest BCUT2D eigenvalue weighted by Crippen LogP contribution is 2.24. The summed E-state index contributed by atoms with van der Waals surface area (Å²) in [5.74, 6) is 0.546. The van der Waals surface area contributed by atoms with Crippen LogP contribution in [0.2, 0.25) is 0 Å². The lowest BCUT2D eigenvalue weighted by molar-refractivity contribution is 0.305. The summed E-state index contributed by atoms with van der Waals surface area (Å²) in [6.45, 7) is 0.866. The van der Waals surface area contributed by atoms with E-state index in [9.17, 15) is 5.26 Å². The highest BCUT2D eigenvalue weighted by atomic mass is 16.5. The highest BCUT2D eigenvalue weighted by Gasteiger charge is 2.13. The Morgan fingerprint density at radius 1 is 0.839 bits per heavy atom. The van der Waals surface area contributed by atoms with Gasteiger partial charge in [0.1, 0.15) is 31.1 Å². The number of ether oxygens (including phenoxy) is 1. The van der Waals surface area contributed by atoms with Crippen LogP contribution in [0.4, 0.5) is 5.69 Å². The van der Waals surface area contributed by atoms with Crippen LogP contribution in [-0.4, -0.2) is 14.9 Å². The van der Waals surface area contributed by atoms with Gasteiger partial charge in [0.15, 0.2) is 0 Å². The van der Waals surface area contributed by atoms with Crippen LogP contribution in [0.1, 0.15) is 22.3 Å². The maximum Gasteiger partial charge on any atom is 0.139 e. The van der Waals surface area contributed by atoms with Gasteiger partial charge in [0, 0.05) is 0 Å². The summed E-state index contributed by atoms with van der Waals surface area (Å²) in [5.41, 5.74) is 3.87. The van der Waals surface area contributed by atoms with E-state index < -0.39 is 0 Å². The molecule has 0 saturated heterocycles. The summed E-state index contributed by atoms with van der Waals surface area (Å²) in [4.78, 5) is 0. The van der Waals surface area contributed by atoms with Crippen molar-refractivity contribution in [3.63, 3.8) is 0 Å². The minimum atomic E-state index is 0.396. The Bertz CT molecular complexity index is 1220. The van der Waals surface area contributed by atoms with Crippen molar-refractivity contribution < 1.29 is 4.74 Å². The minimum Gasteiger partial charge on any atom is -0.488 e. The zero-order valence-corrected chi connectivity index (χ0v) is 16.6. The molecule has 0 radical (unpaired) electrons. The van der Waals surface area contributed by atoms with Crippen molar-refractivity contribution >= 4 is 5.69 Å². The number of benzene rings is 3. The van der Waals surface area contributed by atoms with Crippen molar-refractivity contribution in [1.29, 1.82) is 10.5 Å². The lowest BCUT2D eigenvalue weighted by Crippen LogP contribution is -2.27. The molecule has 0 fully saturated rings. The Morgan fingerprint density at radius 3 is 2.26 bits per heavy atom. The summed E-state index contributed by atoms with van der Waals surface area (Å²) >= 11 is 0. The fourth-order valence-electron chi connectivity index (χ4n) is 3.13. The van der Waals surface area contributed by atoms with Crippen molar-refractivity contribution in [2.75, 3.05) is 5.01 Å². The van der Waals surface area contributed by atoms with E-state index in [1.165, 1.54) is 0 Å². The molecule has 150 valence electrons. The molecule has 0 unspecified atom stereocenters. The summed E-state index contributed by atoms with van der Waals surface area (Å²) in [6.07, 6.45) is 3.20. The molecule has 0 bridgehead atoms. The van der Waals surface area contributed by atoms with Gasteiger partial charge >= 0.3 is 0 Å². The predicted molar refractivity (Wildman–Crippen MR) is 115 cm³/mol. The van der Waals surface area contributed by atoms with E-state index in [1.54, 1.807) is 29.5 Å². The summed E-state index contributed by atoms with van der Waals surface area (Å²) in [7, 11) is 0. The van der Waals surface area contributed by atoms with Gasteiger partial charge in [0.05, 0.1) is 29.4 Å². The molecule has 7 nitrogen and oxygen atoms in total. The average Bonchev–Trinajstić information content (AvgIpc) is 3.37. The molecule has 31 heavy (non-hydrogen) atoms. The fraction of sp³-hybridized carbons (Fsp3) is 0.0833. The maximum atomic E-state index is 9.63. The average molecular weight is 406 g/mol. The summed E-state index contributed by atoms with van der Waals surface area (Å²) in [6, 6.07) is 27.0. The molecule has 0 aliphatic carbocycles. The van der Waals surface area contributed by atoms with E-state index in [4.69, 9.17) is 10.00 Å². The van der Waals surface area contributed by atoms with Gasteiger partial charge in [-0.2, -0.15) is 10.5 Å². The van der Waals surface area contributed by atoms with Gasteiger partial charge in [-0.3, -0.25) is 5.01 Å². The Balaban J connectivity index is 1.57. The Kier molecular flexibility index (Phi) is 5.88. The van der Waals surface area contributed by atoms with Crippen LogP contribution in [0, 0.1) is 22.7 Å². The van der Waals surface area contributed by atoms with Crippen molar-refractivity contribution in [3.05, 3.63) is 108 Å². The molecule has 0 aliphatic rings. The standard InChI is InChI=1S/C24H18N6O/c25-13-19-6-9-23(10-7-19)30(29-17-27-28-18-29)15-21-8-11-24(22(12-21)14-26)31-16-20-4-2-1-3-5-20/h1-12,17-18H,15-16H2. The third-order valence-corrected chi connectivity index (χ3v) is 4.71. The lowest BCUT2D eigenvalue weighted by atomic mass is 10.1. The Hall–Kier alpha value is -4.62. The van der Waals surface area contributed by atoms with Gasteiger partial charge in [-0.1, -0.05) is 36.4 Å². The Labute approximate surface area is 180 Å². The molecule has 1 aromatic heterocycles. The van der Waals surface area contributed by atoms with E-state index >= 15 is 0 Å². The first kappa shape index (κ1) is 19.7. The van der Waals surface area contributed by atoms with Crippen molar-refractivity contribution in [1.82, 2.24) is 14.9 Å². The van der Waals surface area contributed by atoms with Crippen molar-refractivity contribution in [2.24, 2.45) is 0 Å². The number of hydrogen-bond acceptors (Lipinski definition) is 6. The van der Waals surface area contributed by atoms with Crippen LogP contribution in [-0.2, 0) is 13.2 Å². The largest absolute Gasteiger partial charge is 0.488 e. The lowest BCUT2D eigenvalue weighted by Gasteiger charge is -2.25. The van der Waals surface area contributed by atoms with Gasteiger partial charge in [-0.25, -0.2) is 4.68 Å². The normalized spacial score (nSPS) is 10.1. The molecule has 0 saturated carbocycles. The first-order chi connectivity index (χ1) is 15.3. The zero-order valence-electron chi connectivity index (χ0n) is 16.6. The van der Waals surface area contributed by atoms with Crippen LogP contribution in [0.3, 0.4) is 0 Å². The first-order valence-electron chi connectivity index (χ1n) is 9.59. The second-order valence-electron chi connectivity index (χ2n) is 6.77. The molecule has 0 spiro atoms. The Morgan fingerprint density at radius 2 is 1.58 bits per heavy atom. The number of aromatic nitrogens is 3. The van der Waals surface area contributed by atoms with Crippen molar-refractivity contribution in [3.8, 4) is 17.9 Å². The number of nitrogens with zero attached hydrogens (tertiary/aromatic N) is 6. The van der Waals surface area contributed by atoms with E-state index in [1.807, 2.05) is 65.7 Å². The molecule has 0 atom stereocenters. The molecule has 7 heteroatoms. The minimum absolute atomic E-state index is 0.396. The second kappa shape index (κ2) is 9.25. The fourth-order valence-corrected chi connectivity index (χ4v) is 3.13. The van der Waals surface area contributed by atoms with Gasteiger partial charge in [0.25, 0.3) is 0 Å². The van der Waals surface area contributed by atoms with Crippen LogP contribution >= 0.6 is 0 Å². The highest BCUT2D eigenvalue weighted by molar-refractivity contribution is 5.51. The predicted octanol–water partition coefficient (Wildman–Crippen LogP) is 4.07. The van der Waals surface area contributed by atoms with Crippen molar-refractivity contribution in [2.45, 2.75) is 13.2 Å². The van der Waals surface area contributed by atoms with Crippen LogP contribution in [0.25, 0.3) is 0 Å².